The predicted octanol–water partition coefficient (Wildman–Crippen LogP) is 1.81. The van der Waals surface area contributed by atoms with E-state index in [4.69, 9.17) is 5.73 Å². The fourth-order valence-corrected chi connectivity index (χ4v) is 1.88. The Morgan fingerprint density at radius 1 is 1.22 bits per heavy atom. The topological polar surface area (TPSA) is 76.7 Å². The molecule has 2 rings (SSSR count). The predicted molar refractivity (Wildman–Crippen MR) is 73.3 cm³/mol. The summed E-state index contributed by atoms with van der Waals surface area (Å²) in [4.78, 5) is 12.9. The zero-order valence-corrected chi connectivity index (χ0v) is 10.8. The molecule has 96 valence electrons. The summed E-state index contributed by atoms with van der Waals surface area (Å²) in [6.45, 7) is 5.02. The van der Waals surface area contributed by atoms with Gasteiger partial charge in [0.15, 0.2) is 5.65 Å². The van der Waals surface area contributed by atoms with E-state index in [0.29, 0.717) is 24.2 Å². The van der Waals surface area contributed by atoms with Crippen molar-refractivity contribution >= 4 is 17.0 Å². The van der Waals surface area contributed by atoms with Crippen molar-refractivity contribution in [2.24, 2.45) is 11.7 Å². The number of nitrogens with zero attached hydrogens (tertiary/aromatic N) is 3. The average molecular weight is 245 g/mol. The monoisotopic (exact) mass is 245 g/mol. The fraction of sp³-hybridized carbons (Fsp3) is 0.462. The summed E-state index contributed by atoms with van der Waals surface area (Å²) in [5.41, 5.74) is 7.10. The summed E-state index contributed by atoms with van der Waals surface area (Å²) < 4.78 is 0. The molecule has 0 spiro atoms. The molecule has 18 heavy (non-hydrogen) atoms. The molecule has 0 aliphatic carbocycles. The minimum Gasteiger partial charge on any atom is -0.367 e. The Labute approximate surface area is 107 Å². The number of anilines is 1. The lowest BCUT2D eigenvalue weighted by molar-refractivity contribution is 0.497. The molecular formula is C13H19N5. The molecule has 0 saturated carbocycles. The molecule has 3 N–H and O–H groups in total. The van der Waals surface area contributed by atoms with E-state index in [2.05, 4.69) is 34.1 Å². The van der Waals surface area contributed by atoms with Gasteiger partial charge in [0, 0.05) is 18.4 Å². The summed E-state index contributed by atoms with van der Waals surface area (Å²) in [7, 11) is 0. The number of aromatic nitrogens is 3. The van der Waals surface area contributed by atoms with Crippen molar-refractivity contribution in [2.45, 2.75) is 26.3 Å². The van der Waals surface area contributed by atoms with Crippen molar-refractivity contribution in [1.29, 1.82) is 0 Å². The van der Waals surface area contributed by atoms with Gasteiger partial charge in [0.25, 0.3) is 0 Å². The van der Waals surface area contributed by atoms with E-state index in [-0.39, 0.29) is 0 Å². The molecular weight excluding hydrogens is 226 g/mol. The van der Waals surface area contributed by atoms with E-state index in [9.17, 15) is 0 Å². The molecule has 0 fully saturated rings. The van der Waals surface area contributed by atoms with Gasteiger partial charge in [-0.25, -0.2) is 9.97 Å². The van der Waals surface area contributed by atoms with E-state index < -0.39 is 0 Å². The van der Waals surface area contributed by atoms with Gasteiger partial charge in [-0.1, -0.05) is 13.8 Å². The van der Waals surface area contributed by atoms with Crippen LogP contribution in [-0.2, 0) is 0 Å². The molecule has 0 aliphatic rings. The van der Waals surface area contributed by atoms with Crippen LogP contribution in [0.4, 0.5) is 5.82 Å². The maximum Gasteiger partial charge on any atom is 0.180 e. The Morgan fingerprint density at radius 2 is 2.00 bits per heavy atom. The fourth-order valence-electron chi connectivity index (χ4n) is 1.88. The number of rotatable bonds is 5. The second-order valence-corrected chi connectivity index (χ2v) is 4.67. The highest BCUT2D eigenvalue weighted by atomic mass is 15.0. The molecule has 0 aliphatic heterocycles. The molecule has 1 atom stereocenters. The summed E-state index contributed by atoms with van der Waals surface area (Å²) >= 11 is 0. The quantitative estimate of drug-likeness (QED) is 0.840. The second-order valence-electron chi connectivity index (χ2n) is 4.67. The van der Waals surface area contributed by atoms with Crippen LogP contribution in [-0.4, -0.2) is 27.5 Å². The summed E-state index contributed by atoms with van der Waals surface area (Å²) in [6, 6.07) is 4.19. The number of fused-ring (bicyclic) bond motifs is 1. The molecule has 1 unspecified atom stereocenters. The summed E-state index contributed by atoms with van der Waals surface area (Å²) in [5, 5.41) is 3.41. The van der Waals surface area contributed by atoms with Crippen LogP contribution in [0.3, 0.4) is 0 Å². The lowest BCUT2D eigenvalue weighted by Gasteiger charge is -2.22. The lowest BCUT2D eigenvalue weighted by Crippen LogP contribution is -2.28. The maximum atomic E-state index is 5.63. The van der Waals surface area contributed by atoms with Crippen molar-refractivity contribution in [3.63, 3.8) is 0 Å². The summed E-state index contributed by atoms with van der Waals surface area (Å²) in [5.74, 6) is 1.34. The van der Waals surface area contributed by atoms with Crippen LogP contribution in [0, 0.1) is 5.92 Å². The molecule has 2 heterocycles. The SMILES string of the molecule is CC(C)C(CCN)Nc1ccc2nccnc2n1. The van der Waals surface area contributed by atoms with Gasteiger partial charge >= 0.3 is 0 Å². The van der Waals surface area contributed by atoms with Crippen LogP contribution in [0.15, 0.2) is 24.5 Å². The van der Waals surface area contributed by atoms with E-state index >= 15 is 0 Å². The van der Waals surface area contributed by atoms with Crippen molar-refractivity contribution < 1.29 is 0 Å². The molecule has 5 heteroatoms. The van der Waals surface area contributed by atoms with Gasteiger partial charge in [-0.3, -0.25) is 4.98 Å². The largest absolute Gasteiger partial charge is 0.367 e. The van der Waals surface area contributed by atoms with E-state index in [0.717, 1.165) is 17.8 Å². The van der Waals surface area contributed by atoms with E-state index in [1.165, 1.54) is 0 Å². The van der Waals surface area contributed by atoms with Gasteiger partial charge in [-0.2, -0.15) is 0 Å². The Balaban J connectivity index is 2.20. The highest BCUT2D eigenvalue weighted by molar-refractivity contribution is 5.71. The molecule has 0 saturated heterocycles. The first-order chi connectivity index (χ1) is 8.70. The maximum absolute atomic E-state index is 5.63. The van der Waals surface area contributed by atoms with Gasteiger partial charge in [0.05, 0.1) is 0 Å². The number of nitrogens with two attached hydrogens (primary N) is 1. The Kier molecular flexibility index (Phi) is 4.04. The van der Waals surface area contributed by atoms with Gasteiger partial charge in [-0.05, 0) is 31.0 Å². The van der Waals surface area contributed by atoms with Gasteiger partial charge < -0.3 is 11.1 Å². The Morgan fingerprint density at radius 3 is 2.72 bits per heavy atom. The lowest BCUT2D eigenvalue weighted by atomic mass is 10.0. The third kappa shape index (κ3) is 2.92. The number of nitrogens with one attached hydrogen (secondary N) is 1. The highest BCUT2D eigenvalue weighted by Crippen LogP contribution is 2.15. The first-order valence-corrected chi connectivity index (χ1v) is 6.25. The first-order valence-electron chi connectivity index (χ1n) is 6.25. The first kappa shape index (κ1) is 12.7. The number of hydrogen-bond donors (Lipinski definition) is 2. The zero-order chi connectivity index (χ0) is 13.0. The summed E-state index contributed by atoms with van der Waals surface area (Å²) in [6.07, 6.45) is 4.25. The smallest absolute Gasteiger partial charge is 0.180 e. The van der Waals surface area contributed by atoms with Crippen LogP contribution in [0.1, 0.15) is 20.3 Å². The van der Waals surface area contributed by atoms with Crippen LogP contribution in [0.5, 0.6) is 0 Å². The Bertz CT molecular complexity index is 511. The number of hydrogen-bond acceptors (Lipinski definition) is 5. The number of pyridine rings is 1. The molecule has 2 aromatic rings. The molecule has 0 bridgehead atoms. The van der Waals surface area contributed by atoms with Crippen LogP contribution >= 0.6 is 0 Å². The minimum absolute atomic E-state index is 0.330. The van der Waals surface area contributed by atoms with Crippen molar-refractivity contribution in [2.75, 3.05) is 11.9 Å². The zero-order valence-electron chi connectivity index (χ0n) is 10.8. The average Bonchev–Trinajstić information content (AvgIpc) is 2.38. The van der Waals surface area contributed by atoms with Crippen LogP contribution in [0.25, 0.3) is 11.2 Å². The van der Waals surface area contributed by atoms with Gasteiger partial charge in [-0.15, -0.1) is 0 Å². The van der Waals surface area contributed by atoms with Crippen molar-refractivity contribution in [1.82, 2.24) is 15.0 Å². The molecule has 0 amide bonds. The van der Waals surface area contributed by atoms with Crippen LogP contribution < -0.4 is 11.1 Å². The second kappa shape index (κ2) is 5.73. The third-order valence-electron chi connectivity index (χ3n) is 2.95. The normalized spacial score (nSPS) is 12.9. The van der Waals surface area contributed by atoms with Crippen LogP contribution in [0.2, 0.25) is 0 Å². The van der Waals surface area contributed by atoms with Gasteiger partial charge in [0.1, 0.15) is 11.3 Å². The van der Waals surface area contributed by atoms with Gasteiger partial charge in [0.2, 0.25) is 0 Å². The molecule has 0 radical (unpaired) electrons. The van der Waals surface area contributed by atoms with E-state index in [1.54, 1.807) is 12.4 Å². The molecule has 2 aromatic heterocycles. The Hall–Kier alpha value is -1.75. The standard InChI is InChI=1S/C13H19N5/c1-9(2)10(5-6-14)17-12-4-3-11-13(18-12)16-8-7-15-11/h3-4,7-10H,5-6,14H2,1-2H3,(H,16,17,18). The highest BCUT2D eigenvalue weighted by Gasteiger charge is 2.13. The van der Waals surface area contributed by atoms with E-state index in [1.807, 2.05) is 12.1 Å². The minimum atomic E-state index is 0.330. The molecule has 5 nitrogen and oxygen atoms in total. The third-order valence-corrected chi connectivity index (χ3v) is 2.95. The van der Waals surface area contributed by atoms with Crippen molar-refractivity contribution in [3.05, 3.63) is 24.5 Å². The molecule has 0 aromatic carbocycles. The van der Waals surface area contributed by atoms with Crippen molar-refractivity contribution in [3.8, 4) is 0 Å².